The van der Waals surface area contributed by atoms with Crippen molar-refractivity contribution in [3.63, 3.8) is 0 Å². The molecule has 4 rings (SSSR count). The minimum atomic E-state index is -4.01. The van der Waals surface area contributed by atoms with Gasteiger partial charge in [-0.15, -0.1) is 0 Å². The third-order valence-electron chi connectivity index (χ3n) is 6.35. The molecule has 1 atom stereocenters. The summed E-state index contributed by atoms with van der Waals surface area (Å²) >= 11 is 0. The van der Waals surface area contributed by atoms with Crippen molar-refractivity contribution >= 4 is 27.0 Å². The molecule has 1 unspecified atom stereocenters. The van der Waals surface area contributed by atoms with Crippen LogP contribution in [0.5, 0.6) is 5.75 Å². The Labute approximate surface area is 210 Å². The number of nitrogens with one attached hydrogen (secondary N) is 1. The van der Waals surface area contributed by atoms with Gasteiger partial charge >= 0.3 is 5.97 Å². The maximum atomic E-state index is 15.7. The van der Waals surface area contributed by atoms with Crippen LogP contribution in [0, 0.1) is 11.8 Å². The molecule has 2 N–H and O–H groups in total. The van der Waals surface area contributed by atoms with Gasteiger partial charge in [0.05, 0.1) is 7.11 Å². The second kappa shape index (κ2) is 10.3. The van der Waals surface area contributed by atoms with Crippen molar-refractivity contribution in [2.24, 2.45) is 0 Å². The Morgan fingerprint density at radius 3 is 2.25 bits per heavy atom. The van der Waals surface area contributed by atoms with Gasteiger partial charge in [-0.05, 0) is 72.5 Å². The minimum absolute atomic E-state index is 0.0255. The Kier molecular flexibility index (Phi) is 7.31. The summed E-state index contributed by atoms with van der Waals surface area (Å²) in [6.45, 7) is 1.15. The molecule has 1 fully saturated rings. The van der Waals surface area contributed by atoms with Crippen LogP contribution in [-0.2, 0) is 20.7 Å². The van der Waals surface area contributed by atoms with E-state index in [2.05, 4.69) is 16.6 Å². The highest BCUT2D eigenvalue weighted by atomic mass is 32.2. The number of alkyl halides is 1. The molecule has 0 aliphatic carbocycles. The summed E-state index contributed by atoms with van der Waals surface area (Å²) in [6, 6.07) is 17.4. The van der Waals surface area contributed by atoms with Gasteiger partial charge in [-0.25, -0.2) is 4.39 Å². The third kappa shape index (κ3) is 5.68. The van der Waals surface area contributed by atoms with E-state index in [1.165, 1.54) is 6.92 Å². The Bertz CT molecular complexity index is 1440. The van der Waals surface area contributed by atoms with Crippen LogP contribution in [0.15, 0.2) is 60.7 Å². The van der Waals surface area contributed by atoms with Crippen LogP contribution in [0.2, 0.25) is 0 Å². The molecule has 188 valence electrons. The Balaban J connectivity index is 1.42. The van der Waals surface area contributed by atoms with Gasteiger partial charge in [-0.1, -0.05) is 36.1 Å². The lowest BCUT2D eigenvalue weighted by Gasteiger charge is -2.36. The number of fused-ring (bicyclic) bond motifs is 1. The molecular weight excluding hydrogens is 483 g/mol. The van der Waals surface area contributed by atoms with E-state index >= 15 is 4.39 Å². The van der Waals surface area contributed by atoms with Gasteiger partial charge in [-0.3, -0.25) is 4.79 Å². The number of hydrogen-bond acceptors (Lipinski definition) is 4. The van der Waals surface area contributed by atoms with E-state index in [1.54, 1.807) is 31.4 Å². The zero-order valence-corrected chi connectivity index (χ0v) is 20.8. The average molecular weight is 511 g/mol. The first-order valence-electron chi connectivity index (χ1n) is 11.5. The molecule has 0 spiro atoms. The molecule has 3 aromatic rings. The van der Waals surface area contributed by atoms with Gasteiger partial charge in [-0.2, -0.15) is 17.4 Å². The van der Waals surface area contributed by atoms with Crippen LogP contribution in [0.1, 0.15) is 36.5 Å². The van der Waals surface area contributed by atoms with E-state index in [4.69, 9.17) is 9.84 Å². The zero-order valence-electron chi connectivity index (χ0n) is 20.0. The minimum Gasteiger partial charge on any atom is -0.497 e. The summed E-state index contributed by atoms with van der Waals surface area (Å²) in [5.74, 6) is 5.76. The van der Waals surface area contributed by atoms with E-state index in [-0.39, 0.29) is 25.9 Å². The average Bonchev–Trinajstić information content (AvgIpc) is 2.87. The molecule has 0 radical (unpaired) electrons. The van der Waals surface area contributed by atoms with Crippen molar-refractivity contribution in [2.75, 3.05) is 20.2 Å². The second-order valence-corrected chi connectivity index (χ2v) is 10.5. The number of aliphatic carboxylic acids is 1. The number of halogens is 1. The van der Waals surface area contributed by atoms with Crippen molar-refractivity contribution in [2.45, 2.75) is 31.5 Å². The highest BCUT2D eigenvalue weighted by Gasteiger charge is 2.40. The lowest BCUT2D eigenvalue weighted by molar-refractivity contribution is -0.138. The van der Waals surface area contributed by atoms with Crippen molar-refractivity contribution in [1.82, 2.24) is 9.03 Å². The van der Waals surface area contributed by atoms with Gasteiger partial charge in [0.15, 0.2) is 0 Å². The number of carboxylic acids is 1. The van der Waals surface area contributed by atoms with Crippen LogP contribution in [0.25, 0.3) is 10.8 Å². The topological polar surface area (TPSA) is 95.9 Å². The number of carboxylic acid groups (broad SMARTS) is 1. The summed E-state index contributed by atoms with van der Waals surface area (Å²) < 4.78 is 48.9. The predicted molar refractivity (Wildman–Crippen MR) is 136 cm³/mol. The quantitative estimate of drug-likeness (QED) is 0.492. The first-order valence-corrected chi connectivity index (χ1v) is 12.9. The fourth-order valence-electron chi connectivity index (χ4n) is 4.14. The molecule has 0 amide bonds. The highest BCUT2D eigenvalue weighted by Crippen LogP contribution is 2.37. The number of ether oxygens (including phenoxy) is 1. The van der Waals surface area contributed by atoms with Gasteiger partial charge < -0.3 is 9.84 Å². The van der Waals surface area contributed by atoms with E-state index in [9.17, 15) is 13.2 Å². The molecule has 0 aromatic heterocycles. The number of carbonyl (C=O) groups is 1. The van der Waals surface area contributed by atoms with E-state index in [0.717, 1.165) is 32.0 Å². The second-order valence-electron chi connectivity index (χ2n) is 8.80. The highest BCUT2D eigenvalue weighted by molar-refractivity contribution is 7.87. The van der Waals surface area contributed by atoms with E-state index in [1.807, 2.05) is 36.4 Å². The van der Waals surface area contributed by atoms with Crippen molar-refractivity contribution in [1.29, 1.82) is 0 Å². The van der Waals surface area contributed by atoms with Crippen molar-refractivity contribution in [3.8, 4) is 17.6 Å². The standard InChI is InChI=1S/C27H27FN2O5S/c1-19(26(31)32)29-36(33,34)30-15-13-27(28,14-16-30)24-10-6-20(7-11-24)3-4-21-5-8-23-18-25(35-2)12-9-22(23)17-21/h5-12,17-19,29H,13-16H2,1-2H3,(H,31,32). The Hall–Kier alpha value is -3.45. The molecule has 0 bridgehead atoms. The molecular formula is C27H27FN2O5S. The van der Waals surface area contributed by atoms with Crippen LogP contribution >= 0.6 is 0 Å². The summed E-state index contributed by atoms with van der Waals surface area (Å²) in [5.41, 5.74) is 0.397. The van der Waals surface area contributed by atoms with Gasteiger partial charge in [0, 0.05) is 24.2 Å². The predicted octanol–water partition coefficient (Wildman–Crippen LogP) is 3.82. The largest absolute Gasteiger partial charge is 0.497 e. The first kappa shape index (κ1) is 25.6. The fraction of sp³-hybridized carbons (Fsp3) is 0.296. The third-order valence-corrected chi connectivity index (χ3v) is 8.05. The Morgan fingerprint density at radius 1 is 1.03 bits per heavy atom. The summed E-state index contributed by atoms with van der Waals surface area (Å²) in [6.07, 6.45) is -0.0511. The van der Waals surface area contributed by atoms with E-state index in [0.29, 0.717) is 5.56 Å². The number of piperidine rings is 1. The van der Waals surface area contributed by atoms with Crippen LogP contribution in [0.3, 0.4) is 0 Å². The van der Waals surface area contributed by atoms with Gasteiger partial charge in [0.1, 0.15) is 17.5 Å². The fourth-order valence-corrected chi connectivity index (χ4v) is 5.50. The molecule has 1 aliphatic heterocycles. The van der Waals surface area contributed by atoms with Gasteiger partial charge in [0.2, 0.25) is 0 Å². The number of nitrogens with zero attached hydrogens (tertiary/aromatic N) is 1. The van der Waals surface area contributed by atoms with Gasteiger partial charge in [0.25, 0.3) is 10.2 Å². The van der Waals surface area contributed by atoms with Crippen molar-refractivity contribution in [3.05, 3.63) is 77.4 Å². The smallest absolute Gasteiger partial charge is 0.321 e. The lowest BCUT2D eigenvalue weighted by atomic mass is 9.86. The molecule has 1 saturated heterocycles. The molecule has 0 saturated carbocycles. The number of benzene rings is 3. The molecule has 36 heavy (non-hydrogen) atoms. The number of hydrogen-bond donors (Lipinski definition) is 2. The SMILES string of the molecule is COc1ccc2cc(C#Cc3ccc(C4(F)CCN(S(=O)(=O)NC(C)C(=O)O)CC4)cc3)ccc2c1. The molecule has 1 aliphatic rings. The normalized spacial score (nSPS) is 16.6. The zero-order chi connectivity index (χ0) is 25.9. The van der Waals surface area contributed by atoms with Crippen LogP contribution in [-0.4, -0.2) is 50.0 Å². The molecule has 3 aromatic carbocycles. The first-order chi connectivity index (χ1) is 17.1. The summed E-state index contributed by atoms with van der Waals surface area (Å²) in [7, 11) is -2.37. The molecule has 9 heteroatoms. The molecule has 7 nitrogen and oxygen atoms in total. The summed E-state index contributed by atoms with van der Waals surface area (Å²) in [4.78, 5) is 11.0. The number of methoxy groups -OCH3 is 1. The lowest BCUT2D eigenvalue weighted by Crippen LogP contribution is -2.51. The maximum Gasteiger partial charge on any atom is 0.321 e. The van der Waals surface area contributed by atoms with Crippen LogP contribution < -0.4 is 9.46 Å². The Morgan fingerprint density at radius 2 is 1.61 bits per heavy atom. The van der Waals surface area contributed by atoms with Crippen LogP contribution in [0.4, 0.5) is 4.39 Å². The number of rotatable bonds is 6. The summed E-state index contributed by atoms with van der Waals surface area (Å²) in [5, 5.41) is 11.1. The van der Waals surface area contributed by atoms with Crippen molar-refractivity contribution < 1.29 is 27.4 Å². The maximum absolute atomic E-state index is 15.7. The molecule has 1 heterocycles. The van der Waals surface area contributed by atoms with E-state index < -0.39 is 27.9 Å². The monoisotopic (exact) mass is 510 g/mol.